The summed E-state index contributed by atoms with van der Waals surface area (Å²) >= 11 is 0. The van der Waals surface area contributed by atoms with Crippen molar-refractivity contribution in [1.82, 2.24) is 25.1 Å². The summed E-state index contributed by atoms with van der Waals surface area (Å²) in [5.41, 5.74) is 0.348. The summed E-state index contributed by atoms with van der Waals surface area (Å²) in [6.45, 7) is -0.855. The summed E-state index contributed by atoms with van der Waals surface area (Å²) in [4.78, 5) is 24.3. The largest absolute Gasteiger partial charge is 0.465 e. The van der Waals surface area contributed by atoms with E-state index in [0.29, 0.717) is 10.6 Å². The van der Waals surface area contributed by atoms with Gasteiger partial charge < -0.3 is 9.64 Å². The van der Waals surface area contributed by atoms with Crippen molar-refractivity contribution in [2.75, 3.05) is 19.7 Å². The maximum Gasteiger partial charge on any atom is 0.406 e. The molecule has 0 aliphatic rings. The average Bonchev–Trinajstić information content (AvgIpc) is 3.07. The fraction of sp³-hybridized carbons (Fsp3) is 0.357. The van der Waals surface area contributed by atoms with Crippen molar-refractivity contribution < 1.29 is 27.5 Å². The van der Waals surface area contributed by atoms with Crippen molar-refractivity contribution in [3.05, 3.63) is 36.2 Å². The van der Waals surface area contributed by atoms with Crippen LogP contribution < -0.4 is 0 Å². The fourth-order valence-electron chi connectivity index (χ4n) is 2.02. The van der Waals surface area contributed by atoms with Crippen LogP contribution in [0.5, 0.6) is 0 Å². The molecule has 0 bridgehead atoms. The zero-order valence-electron chi connectivity index (χ0n) is 13.1. The van der Waals surface area contributed by atoms with Gasteiger partial charge in [0.15, 0.2) is 0 Å². The maximum atomic E-state index is 12.7. The van der Waals surface area contributed by atoms with Crippen molar-refractivity contribution in [2.45, 2.75) is 13.1 Å². The van der Waals surface area contributed by atoms with Crippen LogP contribution in [0.1, 0.15) is 17.3 Å². The van der Waals surface area contributed by atoms with Crippen LogP contribution in [0.15, 0.2) is 30.6 Å². The van der Waals surface area contributed by atoms with E-state index in [4.69, 9.17) is 0 Å². The molecule has 1 amide bonds. The van der Waals surface area contributed by atoms with E-state index in [1.165, 1.54) is 36.1 Å². The molecule has 134 valence electrons. The van der Waals surface area contributed by atoms with Crippen LogP contribution in [0.4, 0.5) is 13.2 Å². The molecule has 0 aliphatic heterocycles. The summed E-state index contributed by atoms with van der Waals surface area (Å²) < 4.78 is 44.1. The molecule has 2 aromatic rings. The van der Waals surface area contributed by atoms with Gasteiger partial charge in [-0.15, -0.1) is 5.10 Å². The van der Waals surface area contributed by atoms with Crippen molar-refractivity contribution in [3.8, 4) is 5.69 Å². The van der Waals surface area contributed by atoms with Gasteiger partial charge in [-0.3, -0.25) is 9.59 Å². The van der Waals surface area contributed by atoms with Crippen LogP contribution in [-0.2, 0) is 9.53 Å². The third-order valence-electron chi connectivity index (χ3n) is 2.99. The molecule has 1 aromatic carbocycles. The molecule has 1 heterocycles. The first-order valence-electron chi connectivity index (χ1n) is 7.15. The monoisotopic (exact) mass is 357 g/mol. The molecule has 0 unspecified atom stereocenters. The minimum Gasteiger partial charge on any atom is -0.465 e. The Kier molecular flexibility index (Phi) is 5.67. The number of rotatable bonds is 6. The number of benzene rings is 1. The van der Waals surface area contributed by atoms with Crippen LogP contribution in [0.2, 0.25) is 0 Å². The third-order valence-corrected chi connectivity index (χ3v) is 2.99. The molecule has 8 nitrogen and oxygen atoms in total. The Labute approximate surface area is 140 Å². The number of alkyl halides is 3. The fourth-order valence-corrected chi connectivity index (χ4v) is 2.02. The molecule has 1 aromatic heterocycles. The van der Waals surface area contributed by atoms with Gasteiger partial charge in [0.1, 0.15) is 19.4 Å². The molecule has 0 spiro atoms. The minimum atomic E-state index is -4.66. The van der Waals surface area contributed by atoms with E-state index in [2.05, 4.69) is 20.3 Å². The van der Waals surface area contributed by atoms with Gasteiger partial charge in [-0.05, 0) is 35.5 Å². The molecule has 0 fully saturated rings. The number of amides is 1. The van der Waals surface area contributed by atoms with E-state index < -0.39 is 31.1 Å². The number of esters is 1. The van der Waals surface area contributed by atoms with Crippen LogP contribution in [-0.4, -0.2) is 62.9 Å². The Morgan fingerprint density at radius 2 is 2.08 bits per heavy atom. The highest BCUT2D eigenvalue weighted by Crippen LogP contribution is 2.19. The Morgan fingerprint density at radius 3 is 2.68 bits per heavy atom. The molecule has 0 atom stereocenters. The number of aromatic nitrogens is 4. The van der Waals surface area contributed by atoms with Gasteiger partial charge in [0.25, 0.3) is 5.91 Å². The topological polar surface area (TPSA) is 90.2 Å². The first kappa shape index (κ1) is 18.4. The van der Waals surface area contributed by atoms with Gasteiger partial charge in [0, 0.05) is 5.56 Å². The van der Waals surface area contributed by atoms with E-state index in [-0.39, 0.29) is 12.2 Å². The van der Waals surface area contributed by atoms with Gasteiger partial charge in [-0.1, -0.05) is 6.07 Å². The number of ether oxygens (including phenoxy) is 1. The summed E-state index contributed by atoms with van der Waals surface area (Å²) in [6, 6.07) is 5.71. The molecule has 0 aliphatic carbocycles. The predicted molar refractivity (Wildman–Crippen MR) is 77.7 cm³/mol. The van der Waals surface area contributed by atoms with Crippen molar-refractivity contribution in [3.63, 3.8) is 0 Å². The van der Waals surface area contributed by atoms with Gasteiger partial charge in [0.05, 0.1) is 12.3 Å². The minimum absolute atomic E-state index is 0.00165. The number of hydrogen-bond donors (Lipinski definition) is 0. The van der Waals surface area contributed by atoms with E-state index in [9.17, 15) is 22.8 Å². The van der Waals surface area contributed by atoms with E-state index >= 15 is 0 Å². The number of hydrogen-bond acceptors (Lipinski definition) is 6. The first-order chi connectivity index (χ1) is 11.8. The second kappa shape index (κ2) is 7.73. The van der Waals surface area contributed by atoms with Crippen molar-refractivity contribution >= 4 is 11.9 Å². The summed E-state index contributed by atoms with van der Waals surface area (Å²) in [7, 11) is 0. The lowest BCUT2D eigenvalue weighted by Gasteiger charge is -2.23. The lowest BCUT2D eigenvalue weighted by Crippen LogP contribution is -2.42. The first-order valence-corrected chi connectivity index (χ1v) is 7.15. The van der Waals surface area contributed by atoms with Gasteiger partial charge in [0.2, 0.25) is 0 Å². The number of halogens is 3. The quantitative estimate of drug-likeness (QED) is 0.723. The van der Waals surface area contributed by atoms with Crippen LogP contribution in [0.3, 0.4) is 0 Å². The standard InChI is InChI=1S/C14H14F3N5O3/c1-2-25-12(23)7-21(8-14(15,16)17)13(24)10-4-3-5-11(6-10)22-9-18-19-20-22/h3-6,9H,2,7-8H2,1H3. The van der Waals surface area contributed by atoms with E-state index in [0.717, 1.165) is 0 Å². The zero-order chi connectivity index (χ0) is 18.4. The van der Waals surface area contributed by atoms with Crippen LogP contribution in [0.25, 0.3) is 5.69 Å². The van der Waals surface area contributed by atoms with Crippen molar-refractivity contribution in [1.29, 1.82) is 0 Å². The summed E-state index contributed by atoms with van der Waals surface area (Å²) in [6.07, 6.45) is -3.38. The smallest absolute Gasteiger partial charge is 0.406 e. The second-order valence-electron chi connectivity index (χ2n) is 4.89. The molecular formula is C14H14F3N5O3. The van der Waals surface area contributed by atoms with E-state index in [1.807, 2.05) is 0 Å². The molecule has 0 saturated carbocycles. The maximum absolute atomic E-state index is 12.7. The zero-order valence-corrected chi connectivity index (χ0v) is 13.1. The second-order valence-corrected chi connectivity index (χ2v) is 4.89. The predicted octanol–water partition coefficient (Wildman–Crippen LogP) is 1.23. The van der Waals surface area contributed by atoms with E-state index in [1.54, 1.807) is 6.07 Å². The summed E-state index contributed by atoms with van der Waals surface area (Å²) in [5.74, 6) is -1.88. The Morgan fingerprint density at radius 1 is 1.32 bits per heavy atom. The lowest BCUT2D eigenvalue weighted by molar-refractivity contribution is -0.153. The molecule has 0 saturated heterocycles. The summed E-state index contributed by atoms with van der Waals surface area (Å²) in [5, 5.41) is 10.5. The van der Waals surface area contributed by atoms with Gasteiger partial charge in [-0.2, -0.15) is 13.2 Å². The van der Waals surface area contributed by atoms with Gasteiger partial charge >= 0.3 is 12.1 Å². The Balaban J connectivity index is 2.25. The molecule has 25 heavy (non-hydrogen) atoms. The highest BCUT2D eigenvalue weighted by Gasteiger charge is 2.34. The third kappa shape index (κ3) is 5.26. The Bertz CT molecular complexity index is 734. The molecule has 0 radical (unpaired) electrons. The highest BCUT2D eigenvalue weighted by molar-refractivity contribution is 5.96. The number of carbonyl (C=O) groups is 2. The lowest BCUT2D eigenvalue weighted by atomic mass is 10.1. The molecule has 2 rings (SSSR count). The van der Waals surface area contributed by atoms with Crippen LogP contribution >= 0.6 is 0 Å². The highest BCUT2D eigenvalue weighted by atomic mass is 19.4. The molecular weight excluding hydrogens is 343 g/mol. The molecule has 11 heteroatoms. The molecule has 0 N–H and O–H groups in total. The van der Waals surface area contributed by atoms with Crippen molar-refractivity contribution in [2.24, 2.45) is 0 Å². The number of carbonyl (C=O) groups excluding carboxylic acids is 2. The van der Waals surface area contributed by atoms with Gasteiger partial charge in [-0.25, -0.2) is 4.68 Å². The SMILES string of the molecule is CCOC(=O)CN(CC(F)(F)F)C(=O)c1cccc(-n2cnnn2)c1. The van der Waals surface area contributed by atoms with Crippen LogP contribution in [0, 0.1) is 0 Å². The number of tetrazole rings is 1. The average molecular weight is 357 g/mol. The normalized spacial score (nSPS) is 11.2. The number of nitrogens with zero attached hydrogens (tertiary/aromatic N) is 5. The Hall–Kier alpha value is -2.98.